The number of ether oxygens (including phenoxy) is 2. The second kappa shape index (κ2) is 11.2. The summed E-state index contributed by atoms with van der Waals surface area (Å²) < 4.78 is 10.8. The molecule has 7 heteroatoms. The van der Waals surface area contributed by atoms with Crippen LogP contribution in [0.25, 0.3) is 5.76 Å². The van der Waals surface area contributed by atoms with Crippen LogP contribution in [-0.4, -0.2) is 67.0 Å². The Hall–Kier alpha value is -3.32. The van der Waals surface area contributed by atoms with Gasteiger partial charge in [0, 0.05) is 12.1 Å². The number of rotatable bonds is 10. The number of methoxy groups -OCH3 is 2. The summed E-state index contributed by atoms with van der Waals surface area (Å²) in [5.41, 5.74) is 2.29. The number of likely N-dealkylation sites (tertiary alicyclic amines) is 1. The maximum Gasteiger partial charge on any atom is 0.295 e. The first-order chi connectivity index (χ1) is 16.4. The Kier molecular flexibility index (Phi) is 8.34. The van der Waals surface area contributed by atoms with Crippen LogP contribution in [0.4, 0.5) is 0 Å². The molecular formula is C27H34N2O5. The molecule has 0 aromatic heterocycles. The number of amides is 1. The van der Waals surface area contributed by atoms with Gasteiger partial charge in [-0.2, -0.15) is 0 Å². The molecule has 1 amide bonds. The molecule has 0 radical (unpaired) electrons. The van der Waals surface area contributed by atoms with Gasteiger partial charge in [0.15, 0.2) is 11.5 Å². The Bertz CT molecular complexity index is 1060. The van der Waals surface area contributed by atoms with Crippen molar-refractivity contribution in [2.24, 2.45) is 0 Å². The van der Waals surface area contributed by atoms with Crippen molar-refractivity contribution in [3.05, 3.63) is 64.7 Å². The Labute approximate surface area is 201 Å². The average Bonchev–Trinajstić information content (AvgIpc) is 3.11. The number of carbonyl (C=O) groups is 2. The lowest BCUT2D eigenvalue weighted by Gasteiger charge is -2.27. The molecule has 1 heterocycles. The van der Waals surface area contributed by atoms with Gasteiger partial charge in [0.2, 0.25) is 0 Å². The molecular weight excluding hydrogens is 432 g/mol. The van der Waals surface area contributed by atoms with E-state index in [0.717, 1.165) is 25.2 Å². The number of ketones is 1. The van der Waals surface area contributed by atoms with Gasteiger partial charge in [-0.25, -0.2) is 0 Å². The van der Waals surface area contributed by atoms with Crippen molar-refractivity contribution in [3.8, 4) is 11.5 Å². The summed E-state index contributed by atoms with van der Waals surface area (Å²) in [6, 6.07) is 11.8. The second-order valence-electron chi connectivity index (χ2n) is 8.35. The number of Topliss-reactive ketones (excluding diaryl/α,β-unsaturated/α-hetero) is 1. The first kappa shape index (κ1) is 25.3. The molecule has 2 aromatic rings. The van der Waals surface area contributed by atoms with Crippen molar-refractivity contribution in [2.75, 3.05) is 40.4 Å². The molecule has 34 heavy (non-hydrogen) atoms. The van der Waals surface area contributed by atoms with Crippen LogP contribution >= 0.6 is 0 Å². The molecule has 1 unspecified atom stereocenters. The third-order valence-corrected chi connectivity index (χ3v) is 6.36. The summed E-state index contributed by atoms with van der Waals surface area (Å²) in [4.78, 5) is 30.2. The van der Waals surface area contributed by atoms with E-state index in [1.807, 2.05) is 19.1 Å². The lowest BCUT2D eigenvalue weighted by Crippen LogP contribution is -2.33. The van der Waals surface area contributed by atoms with Crippen molar-refractivity contribution in [1.29, 1.82) is 0 Å². The van der Waals surface area contributed by atoms with Crippen molar-refractivity contribution in [3.63, 3.8) is 0 Å². The number of aliphatic hydroxyl groups excluding tert-OH is 1. The van der Waals surface area contributed by atoms with Crippen LogP contribution in [0, 0.1) is 6.92 Å². The highest BCUT2D eigenvalue weighted by molar-refractivity contribution is 6.46. The normalized spacial score (nSPS) is 17.5. The summed E-state index contributed by atoms with van der Waals surface area (Å²) in [6.07, 6.45) is 0.711. The molecule has 3 rings (SSSR count). The third kappa shape index (κ3) is 5.09. The molecule has 2 aromatic carbocycles. The van der Waals surface area contributed by atoms with Gasteiger partial charge in [0.05, 0.1) is 25.8 Å². The Morgan fingerprint density at radius 3 is 2.24 bits per heavy atom. The van der Waals surface area contributed by atoms with E-state index in [9.17, 15) is 14.7 Å². The van der Waals surface area contributed by atoms with E-state index in [0.29, 0.717) is 35.6 Å². The van der Waals surface area contributed by atoms with Gasteiger partial charge in [-0.05, 0) is 50.7 Å². The van der Waals surface area contributed by atoms with Gasteiger partial charge in [-0.3, -0.25) is 9.59 Å². The summed E-state index contributed by atoms with van der Waals surface area (Å²) in [7, 11) is 3.09. The number of hydrogen-bond donors (Lipinski definition) is 1. The number of benzene rings is 2. The molecule has 1 atom stereocenters. The zero-order chi connectivity index (χ0) is 24.8. The molecule has 1 fully saturated rings. The summed E-state index contributed by atoms with van der Waals surface area (Å²) in [5.74, 6) is -0.426. The van der Waals surface area contributed by atoms with E-state index in [4.69, 9.17) is 9.47 Å². The molecule has 1 aliphatic rings. The van der Waals surface area contributed by atoms with Crippen LogP contribution in [-0.2, 0) is 9.59 Å². The summed E-state index contributed by atoms with van der Waals surface area (Å²) in [5, 5.41) is 11.2. The minimum atomic E-state index is -0.724. The number of hydrogen-bond acceptors (Lipinski definition) is 6. The van der Waals surface area contributed by atoms with Crippen LogP contribution in [0.3, 0.4) is 0 Å². The minimum absolute atomic E-state index is 0.0870. The van der Waals surface area contributed by atoms with Crippen LogP contribution in [0.5, 0.6) is 11.5 Å². The van der Waals surface area contributed by atoms with Crippen molar-refractivity contribution in [2.45, 2.75) is 33.2 Å². The first-order valence-electron chi connectivity index (χ1n) is 11.7. The number of carbonyl (C=O) groups excluding carboxylic acids is 2. The van der Waals surface area contributed by atoms with Crippen LogP contribution in [0.1, 0.15) is 43.0 Å². The van der Waals surface area contributed by atoms with Crippen LogP contribution in [0.15, 0.2) is 48.0 Å². The zero-order valence-corrected chi connectivity index (χ0v) is 20.6. The topological polar surface area (TPSA) is 79.3 Å². The monoisotopic (exact) mass is 466 g/mol. The van der Waals surface area contributed by atoms with E-state index < -0.39 is 17.7 Å². The number of aryl methyl sites for hydroxylation is 1. The molecule has 0 saturated carbocycles. The van der Waals surface area contributed by atoms with Gasteiger partial charge in [0.25, 0.3) is 11.7 Å². The fourth-order valence-electron chi connectivity index (χ4n) is 4.35. The van der Waals surface area contributed by atoms with E-state index in [1.165, 1.54) is 7.11 Å². The first-order valence-corrected chi connectivity index (χ1v) is 11.7. The maximum atomic E-state index is 13.2. The molecule has 0 spiro atoms. The van der Waals surface area contributed by atoms with Gasteiger partial charge >= 0.3 is 0 Å². The third-order valence-electron chi connectivity index (χ3n) is 6.36. The van der Waals surface area contributed by atoms with E-state index in [2.05, 4.69) is 18.7 Å². The zero-order valence-electron chi connectivity index (χ0n) is 20.6. The largest absolute Gasteiger partial charge is 0.507 e. The highest BCUT2D eigenvalue weighted by Gasteiger charge is 2.46. The molecule has 1 aliphatic heterocycles. The fraction of sp³-hybridized carbons (Fsp3) is 0.407. The smallest absolute Gasteiger partial charge is 0.295 e. The van der Waals surface area contributed by atoms with E-state index in [-0.39, 0.29) is 11.3 Å². The van der Waals surface area contributed by atoms with E-state index in [1.54, 1.807) is 42.3 Å². The Morgan fingerprint density at radius 1 is 1.00 bits per heavy atom. The highest BCUT2D eigenvalue weighted by Crippen LogP contribution is 2.42. The highest BCUT2D eigenvalue weighted by atomic mass is 16.5. The summed E-state index contributed by atoms with van der Waals surface area (Å²) >= 11 is 0. The predicted octanol–water partition coefficient (Wildman–Crippen LogP) is 4.17. The fourth-order valence-corrected chi connectivity index (χ4v) is 4.35. The predicted molar refractivity (Wildman–Crippen MR) is 132 cm³/mol. The standard InChI is InChI=1S/C27H34N2O5/c1-6-28(7-2)15-8-16-29-24(20-13-14-21(33-4)22(17-20)34-5)23(26(31)27(29)32)25(30)19-11-9-18(3)10-12-19/h9-14,17,24,30H,6-8,15-16H2,1-5H3. The molecule has 1 saturated heterocycles. The van der Waals surface area contributed by atoms with Crippen molar-refractivity contribution >= 4 is 17.4 Å². The quantitative estimate of drug-likeness (QED) is 0.322. The van der Waals surface area contributed by atoms with Crippen molar-refractivity contribution in [1.82, 2.24) is 9.80 Å². The lowest BCUT2D eigenvalue weighted by atomic mass is 9.94. The Morgan fingerprint density at radius 2 is 1.65 bits per heavy atom. The maximum absolute atomic E-state index is 13.2. The molecule has 0 aliphatic carbocycles. The second-order valence-corrected chi connectivity index (χ2v) is 8.35. The number of nitrogens with zero attached hydrogens (tertiary/aromatic N) is 2. The number of aliphatic hydroxyl groups is 1. The van der Waals surface area contributed by atoms with Gasteiger partial charge in [-0.1, -0.05) is 49.7 Å². The van der Waals surface area contributed by atoms with Gasteiger partial charge in [0.1, 0.15) is 5.76 Å². The SMILES string of the molecule is CCN(CC)CCCN1C(=O)C(=O)C(=C(O)c2ccc(C)cc2)C1c1ccc(OC)c(OC)c1. The molecule has 1 N–H and O–H groups in total. The average molecular weight is 467 g/mol. The summed E-state index contributed by atoms with van der Waals surface area (Å²) in [6.45, 7) is 9.19. The molecule has 7 nitrogen and oxygen atoms in total. The van der Waals surface area contributed by atoms with Gasteiger partial charge < -0.3 is 24.4 Å². The Balaban J connectivity index is 2.08. The lowest BCUT2D eigenvalue weighted by molar-refractivity contribution is -0.140. The van der Waals surface area contributed by atoms with Crippen LogP contribution in [0.2, 0.25) is 0 Å². The van der Waals surface area contributed by atoms with Crippen LogP contribution < -0.4 is 9.47 Å². The van der Waals surface area contributed by atoms with Crippen molar-refractivity contribution < 1.29 is 24.2 Å². The van der Waals surface area contributed by atoms with E-state index >= 15 is 0 Å². The molecule has 0 bridgehead atoms. The minimum Gasteiger partial charge on any atom is -0.507 e. The van der Waals surface area contributed by atoms with Gasteiger partial charge in [-0.15, -0.1) is 0 Å². The molecule has 182 valence electrons.